The minimum atomic E-state index is -0.394. The number of unbranched alkanes of at least 4 members (excludes halogenated alkanes) is 1. The van der Waals surface area contributed by atoms with Crippen LogP contribution in [0.5, 0.6) is 0 Å². The summed E-state index contributed by atoms with van der Waals surface area (Å²) < 4.78 is 0. The Morgan fingerprint density at radius 3 is 2.29 bits per heavy atom. The maximum Gasteiger partial charge on any atom is 0.245 e. The number of ketones is 1. The maximum atomic E-state index is 13.0. The molecule has 24 heavy (non-hydrogen) atoms. The summed E-state index contributed by atoms with van der Waals surface area (Å²) in [6.45, 7) is 4.93. The molecule has 2 rings (SSSR count). The molecule has 0 aromatic heterocycles. The molecule has 0 aromatic rings. The predicted molar refractivity (Wildman–Crippen MR) is 92.5 cm³/mol. The van der Waals surface area contributed by atoms with Crippen molar-refractivity contribution in [2.24, 2.45) is 0 Å². The van der Waals surface area contributed by atoms with E-state index in [1.165, 1.54) is 0 Å². The molecule has 2 saturated heterocycles. The van der Waals surface area contributed by atoms with Crippen LogP contribution >= 0.6 is 0 Å². The van der Waals surface area contributed by atoms with Gasteiger partial charge in [-0.3, -0.25) is 14.4 Å². The molecule has 1 unspecified atom stereocenters. The zero-order valence-corrected chi connectivity index (χ0v) is 15.2. The van der Waals surface area contributed by atoms with Gasteiger partial charge in [0.2, 0.25) is 11.8 Å². The highest BCUT2D eigenvalue weighted by atomic mass is 16.2. The van der Waals surface area contributed by atoms with Gasteiger partial charge in [0.05, 0.1) is 12.1 Å². The number of likely N-dealkylation sites (tertiary alicyclic amines) is 2. The Bertz CT molecular complexity index is 480. The van der Waals surface area contributed by atoms with Crippen LogP contribution in [0.1, 0.15) is 58.8 Å². The molecule has 0 bridgehead atoms. The summed E-state index contributed by atoms with van der Waals surface area (Å²) in [6.07, 6.45) is 6.00. The molecule has 1 N–H and O–H groups in total. The van der Waals surface area contributed by atoms with Gasteiger partial charge in [0.25, 0.3) is 0 Å². The highest BCUT2D eigenvalue weighted by Crippen LogP contribution is 2.26. The SMILES string of the molecule is CCCC[C@H](NC)C(=O)N1CCCC1C(=O)N1CCC[C@H]1C(C)=O. The molecule has 6 nitrogen and oxygen atoms in total. The lowest BCUT2D eigenvalue weighted by Gasteiger charge is -2.32. The second kappa shape index (κ2) is 8.60. The third-order valence-corrected chi connectivity index (χ3v) is 5.32. The van der Waals surface area contributed by atoms with Gasteiger partial charge in [-0.25, -0.2) is 0 Å². The van der Waals surface area contributed by atoms with Gasteiger partial charge in [0.1, 0.15) is 6.04 Å². The largest absolute Gasteiger partial charge is 0.331 e. The van der Waals surface area contributed by atoms with Gasteiger partial charge in [-0.1, -0.05) is 19.8 Å². The molecule has 0 spiro atoms. The average molecular weight is 337 g/mol. The first-order valence-corrected chi connectivity index (χ1v) is 9.29. The molecule has 3 atom stereocenters. The first-order chi connectivity index (χ1) is 11.5. The molecule has 2 aliphatic heterocycles. The molecular formula is C18H31N3O3. The van der Waals surface area contributed by atoms with Crippen LogP contribution in [0.4, 0.5) is 0 Å². The Kier molecular flexibility index (Phi) is 6.78. The molecule has 0 aromatic carbocycles. The maximum absolute atomic E-state index is 13.0. The fourth-order valence-corrected chi connectivity index (χ4v) is 3.93. The van der Waals surface area contributed by atoms with E-state index in [2.05, 4.69) is 12.2 Å². The number of Topliss-reactive ketones (excluding diaryl/α,β-unsaturated/α-hetero) is 1. The van der Waals surface area contributed by atoms with Gasteiger partial charge in [-0.05, 0) is 46.1 Å². The van der Waals surface area contributed by atoms with Crippen LogP contribution in [0.15, 0.2) is 0 Å². The number of likely N-dealkylation sites (N-methyl/N-ethyl adjacent to an activating group) is 1. The van der Waals surface area contributed by atoms with Crippen LogP contribution in [0.2, 0.25) is 0 Å². The summed E-state index contributed by atoms with van der Waals surface area (Å²) in [7, 11) is 1.80. The fourth-order valence-electron chi connectivity index (χ4n) is 3.93. The Hall–Kier alpha value is -1.43. The monoisotopic (exact) mass is 337 g/mol. The van der Waals surface area contributed by atoms with Crippen molar-refractivity contribution in [3.05, 3.63) is 0 Å². The van der Waals surface area contributed by atoms with Crippen molar-refractivity contribution in [2.45, 2.75) is 76.9 Å². The van der Waals surface area contributed by atoms with E-state index in [0.29, 0.717) is 19.5 Å². The summed E-state index contributed by atoms with van der Waals surface area (Å²) in [6, 6.07) is -0.911. The Labute approximate surface area is 144 Å². The van der Waals surface area contributed by atoms with E-state index in [4.69, 9.17) is 0 Å². The zero-order chi connectivity index (χ0) is 17.7. The second-order valence-electron chi connectivity index (χ2n) is 6.97. The van der Waals surface area contributed by atoms with Crippen LogP contribution in [-0.2, 0) is 14.4 Å². The summed E-state index contributed by atoms with van der Waals surface area (Å²) in [5.74, 6) is 0.0389. The number of nitrogens with zero attached hydrogens (tertiary/aromatic N) is 2. The third kappa shape index (κ3) is 3.97. The number of carbonyl (C=O) groups excluding carboxylic acids is 3. The van der Waals surface area contributed by atoms with E-state index in [1.807, 2.05) is 0 Å². The Balaban J connectivity index is 2.07. The van der Waals surface area contributed by atoms with Gasteiger partial charge in [-0.15, -0.1) is 0 Å². The molecular weight excluding hydrogens is 306 g/mol. The lowest BCUT2D eigenvalue weighted by Crippen LogP contribution is -2.54. The topological polar surface area (TPSA) is 69.7 Å². The van der Waals surface area contributed by atoms with Crippen molar-refractivity contribution < 1.29 is 14.4 Å². The van der Waals surface area contributed by atoms with Crippen molar-refractivity contribution in [3.8, 4) is 0 Å². The fraction of sp³-hybridized carbons (Fsp3) is 0.833. The molecule has 0 radical (unpaired) electrons. The number of rotatable bonds is 7. The van der Waals surface area contributed by atoms with Gasteiger partial charge < -0.3 is 15.1 Å². The van der Waals surface area contributed by atoms with E-state index in [9.17, 15) is 14.4 Å². The number of hydrogen-bond acceptors (Lipinski definition) is 4. The van der Waals surface area contributed by atoms with E-state index < -0.39 is 6.04 Å². The van der Waals surface area contributed by atoms with Crippen LogP contribution in [0.3, 0.4) is 0 Å². The van der Waals surface area contributed by atoms with E-state index in [-0.39, 0.29) is 29.7 Å². The van der Waals surface area contributed by atoms with Crippen molar-refractivity contribution in [2.75, 3.05) is 20.1 Å². The lowest BCUT2D eigenvalue weighted by atomic mass is 10.1. The molecule has 136 valence electrons. The third-order valence-electron chi connectivity index (χ3n) is 5.32. The van der Waals surface area contributed by atoms with E-state index in [0.717, 1.165) is 38.5 Å². The van der Waals surface area contributed by atoms with E-state index >= 15 is 0 Å². The van der Waals surface area contributed by atoms with Gasteiger partial charge >= 0.3 is 0 Å². The summed E-state index contributed by atoms with van der Waals surface area (Å²) in [4.78, 5) is 41.0. The Morgan fingerprint density at radius 1 is 1.08 bits per heavy atom. The highest BCUT2D eigenvalue weighted by Gasteiger charge is 2.42. The molecule has 2 amide bonds. The first-order valence-electron chi connectivity index (χ1n) is 9.29. The summed E-state index contributed by atoms with van der Waals surface area (Å²) in [5.41, 5.74) is 0. The number of nitrogens with one attached hydrogen (secondary N) is 1. The minimum absolute atomic E-state index is 0.0281. The first kappa shape index (κ1) is 18.9. The van der Waals surface area contributed by atoms with Gasteiger partial charge in [-0.2, -0.15) is 0 Å². The summed E-state index contributed by atoms with van der Waals surface area (Å²) in [5, 5.41) is 3.10. The van der Waals surface area contributed by atoms with Crippen molar-refractivity contribution in [1.82, 2.24) is 15.1 Å². The van der Waals surface area contributed by atoms with Crippen LogP contribution in [0.25, 0.3) is 0 Å². The molecule has 0 saturated carbocycles. The zero-order valence-electron chi connectivity index (χ0n) is 15.2. The lowest BCUT2D eigenvalue weighted by molar-refractivity contribution is -0.146. The van der Waals surface area contributed by atoms with Crippen molar-refractivity contribution in [1.29, 1.82) is 0 Å². The second-order valence-corrected chi connectivity index (χ2v) is 6.97. The van der Waals surface area contributed by atoms with Gasteiger partial charge in [0.15, 0.2) is 5.78 Å². The van der Waals surface area contributed by atoms with Crippen LogP contribution < -0.4 is 5.32 Å². The standard InChI is InChI=1S/C18H31N3O3/c1-4-5-8-14(19-3)17(23)21-12-7-10-16(21)18(24)20-11-6-9-15(20)13(2)22/h14-16,19H,4-12H2,1-3H3/t14-,15-,16?/m0/s1. The van der Waals surface area contributed by atoms with Crippen molar-refractivity contribution >= 4 is 17.6 Å². The molecule has 2 heterocycles. The van der Waals surface area contributed by atoms with Crippen LogP contribution in [-0.4, -0.2) is 65.7 Å². The number of hydrogen-bond donors (Lipinski definition) is 1. The predicted octanol–water partition coefficient (Wildman–Crippen LogP) is 1.34. The molecule has 2 aliphatic rings. The van der Waals surface area contributed by atoms with Gasteiger partial charge in [0, 0.05) is 13.1 Å². The quantitative estimate of drug-likeness (QED) is 0.761. The molecule has 2 fully saturated rings. The average Bonchev–Trinajstić information content (AvgIpc) is 3.23. The number of amides is 2. The number of carbonyl (C=O) groups is 3. The highest BCUT2D eigenvalue weighted by molar-refractivity contribution is 5.93. The summed E-state index contributed by atoms with van der Waals surface area (Å²) >= 11 is 0. The van der Waals surface area contributed by atoms with E-state index in [1.54, 1.807) is 23.8 Å². The Morgan fingerprint density at radius 2 is 1.71 bits per heavy atom. The normalized spacial score (nSPS) is 25.1. The van der Waals surface area contributed by atoms with Crippen molar-refractivity contribution in [3.63, 3.8) is 0 Å². The molecule has 6 heteroatoms. The minimum Gasteiger partial charge on any atom is -0.331 e. The molecule has 0 aliphatic carbocycles. The van der Waals surface area contributed by atoms with Crippen LogP contribution in [0, 0.1) is 0 Å². The smallest absolute Gasteiger partial charge is 0.245 e.